The number of phenols is 3. The van der Waals surface area contributed by atoms with E-state index in [1.54, 1.807) is 49.6 Å². The molecule has 0 aliphatic rings. The standard InChI is InChI=1S/C17H14O5.C16H16O5/c1-20-14-6-3-10(7-16(14)21-2)13-9-22-15-8-11(18)4-5-12(15)17(13)19;1-20-15-6-3-10(8-16(15)21-2)7-13(18)12-5-4-11(17)9-14(12)19/h3-9,18H,1-2H3;3-6,8-9,17,19H,7H2,1-2H3. The summed E-state index contributed by atoms with van der Waals surface area (Å²) < 4.78 is 26.2. The second-order valence-electron chi connectivity index (χ2n) is 9.22. The second-order valence-corrected chi connectivity index (χ2v) is 9.22. The molecule has 5 rings (SSSR count). The maximum atomic E-state index is 12.6. The molecule has 0 atom stereocenters. The maximum absolute atomic E-state index is 12.6. The minimum atomic E-state index is -0.250. The van der Waals surface area contributed by atoms with Crippen molar-refractivity contribution in [2.45, 2.75) is 6.42 Å². The van der Waals surface area contributed by atoms with Gasteiger partial charge in [0.05, 0.1) is 45.0 Å². The summed E-state index contributed by atoms with van der Waals surface area (Å²) in [7, 11) is 6.15. The molecule has 0 fully saturated rings. The quantitative estimate of drug-likeness (QED) is 0.193. The first kappa shape index (κ1) is 30.3. The van der Waals surface area contributed by atoms with Crippen LogP contribution >= 0.6 is 0 Å². The van der Waals surface area contributed by atoms with Crippen LogP contribution in [-0.4, -0.2) is 49.5 Å². The zero-order valence-corrected chi connectivity index (χ0v) is 23.9. The first-order valence-electron chi connectivity index (χ1n) is 12.9. The Morgan fingerprint density at radius 3 is 1.95 bits per heavy atom. The minimum Gasteiger partial charge on any atom is -0.508 e. The van der Waals surface area contributed by atoms with Crippen LogP contribution in [0.2, 0.25) is 0 Å². The molecule has 222 valence electrons. The average molecular weight is 587 g/mol. The number of aromatic hydroxyl groups is 3. The highest BCUT2D eigenvalue weighted by molar-refractivity contribution is 6.00. The van der Waals surface area contributed by atoms with Crippen molar-refractivity contribution >= 4 is 16.8 Å². The van der Waals surface area contributed by atoms with E-state index in [9.17, 15) is 24.9 Å². The second kappa shape index (κ2) is 13.3. The molecule has 0 radical (unpaired) electrons. The molecule has 5 aromatic rings. The molecule has 0 saturated heterocycles. The molecular weight excluding hydrogens is 556 g/mol. The summed E-state index contributed by atoms with van der Waals surface area (Å²) in [4.78, 5) is 24.8. The molecule has 1 aromatic heterocycles. The molecule has 10 heteroatoms. The van der Waals surface area contributed by atoms with Gasteiger partial charge >= 0.3 is 0 Å². The Morgan fingerprint density at radius 1 is 0.698 bits per heavy atom. The Hall–Kier alpha value is -5.64. The third kappa shape index (κ3) is 6.82. The summed E-state index contributed by atoms with van der Waals surface area (Å²) in [5.41, 5.74) is 2.16. The Morgan fingerprint density at radius 2 is 1.30 bits per heavy atom. The van der Waals surface area contributed by atoms with E-state index in [-0.39, 0.29) is 40.4 Å². The number of fused-ring (bicyclic) bond motifs is 1. The summed E-state index contributed by atoms with van der Waals surface area (Å²) in [6.07, 6.45) is 1.49. The number of ketones is 1. The molecule has 0 saturated carbocycles. The van der Waals surface area contributed by atoms with Crippen molar-refractivity contribution in [2.75, 3.05) is 28.4 Å². The predicted molar refractivity (Wildman–Crippen MR) is 160 cm³/mol. The summed E-state index contributed by atoms with van der Waals surface area (Å²) in [6.45, 7) is 0. The van der Waals surface area contributed by atoms with Crippen LogP contribution in [0.3, 0.4) is 0 Å². The van der Waals surface area contributed by atoms with E-state index in [0.717, 1.165) is 11.6 Å². The van der Waals surface area contributed by atoms with Crippen LogP contribution < -0.4 is 24.4 Å². The van der Waals surface area contributed by atoms with E-state index >= 15 is 0 Å². The number of benzene rings is 4. The van der Waals surface area contributed by atoms with Gasteiger partial charge in [0, 0.05) is 18.6 Å². The van der Waals surface area contributed by atoms with Gasteiger partial charge in [0.25, 0.3) is 0 Å². The van der Waals surface area contributed by atoms with E-state index in [0.29, 0.717) is 45.1 Å². The highest BCUT2D eigenvalue weighted by Gasteiger charge is 2.15. The predicted octanol–water partition coefficient (Wildman–Crippen LogP) is 5.72. The van der Waals surface area contributed by atoms with Gasteiger partial charge in [-0.3, -0.25) is 9.59 Å². The minimum absolute atomic E-state index is 0.0505. The monoisotopic (exact) mass is 586 g/mol. The number of ether oxygens (including phenoxy) is 4. The number of rotatable bonds is 8. The molecule has 10 nitrogen and oxygen atoms in total. The highest BCUT2D eigenvalue weighted by atomic mass is 16.5. The van der Waals surface area contributed by atoms with E-state index in [1.807, 2.05) is 0 Å². The van der Waals surface area contributed by atoms with E-state index < -0.39 is 0 Å². The van der Waals surface area contributed by atoms with E-state index in [2.05, 4.69) is 0 Å². The van der Waals surface area contributed by atoms with Gasteiger partial charge in [-0.2, -0.15) is 0 Å². The highest BCUT2D eigenvalue weighted by Crippen LogP contribution is 2.32. The Bertz CT molecular complexity index is 1820. The van der Waals surface area contributed by atoms with Gasteiger partial charge in [0.15, 0.2) is 34.2 Å². The van der Waals surface area contributed by atoms with Gasteiger partial charge in [-0.25, -0.2) is 0 Å². The fourth-order valence-electron chi connectivity index (χ4n) is 4.35. The van der Waals surface area contributed by atoms with E-state index in [1.165, 1.54) is 51.9 Å². The van der Waals surface area contributed by atoms with Crippen molar-refractivity contribution in [3.05, 3.63) is 100 Å². The van der Waals surface area contributed by atoms with Crippen LogP contribution in [0.5, 0.6) is 40.2 Å². The fraction of sp³-hybridized carbons (Fsp3) is 0.152. The van der Waals surface area contributed by atoms with Crippen molar-refractivity contribution in [1.82, 2.24) is 0 Å². The summed E-state index contributed by atoms with van der Waals surface area (Å²) in [5, 5.41) is 28.8. The lowest BCUT2D eigenvalue weighted by Gasteiger charge is -2.09. The van der Waals surface area contributed by atoms with Crippen LogP contribution in [0.25, 0.3) is 22.1 Å². The lowest BCUT2D eigenvalue weighted by Crippen LogP contribution is -2.04. The molecule has 0 amide bonds. The topological polar surface area (TPSA) is 145 Å². The van der Waals surface area contributed by atoms with Gasteiger partial charge in [-0.05, 0) is 59.7 Å². The normalized spacial score (nSPS) is 10.4. The molecule has 0 aliphatic heterocycles. The Balaban J connectivity index is 0.000000197. The molecule has 1 heterocycles. The zero-order chi connectivity index (χ0) is 31.1. The molecule has 0 unspecified atom stereocenters. The Labute approximate surface area is 246 Å². The molecular formula is C33H30O10. The maximum Gasteiger partial charge on any atom is 0.200 e. The van der Waals surface area contributed by atoms with Crippen LogP contribution in [0.1, 0.15) is 15.9 Å². The number of methoxy groups -OCH3 is 4. The van der Waals surface area contributed by atoms with Crippen LogP contribution in [0, 0.1) is 0 Å². The Kier molecular flexibility index (Phi) is 9.41. The molecule has 0 spiro atoms. The number of carbonyl (C=O) groups is 1. The van der Waals surface area contributed by atoms with Crippen LogP contribution in [-0.2, 0) is 6.42 Å². The van der Waals surface area contributed by atoms with Gasteiger partial charge in [-0.1, -0.05) is 12.1 Å². The molecule has 4 aromatic carbocycles. The number of carbonyl (C=O) groups excluding carboxylic acids is 1. The van der Waals surface area contributed by atoms with Gasteiger partial charge in [-0.15, -0.1) is 0 Å². The SMILES string of the molecule is COc1ccc(-c2coc3cc(O)ccc3c2=O)cc1OC.COc1ccc(CC(=O)c2ccc(O)cc2O)cc1OC. The summed E-state index contributed by atoms with van der Waals surface area (Å²) in [6, 6.07) is 18.7. The smallest absolute Gasteiger partial charge is 0.200 e. The number of phenolic OH excluding ortho intramolecular Hbond substituents is 3. The van der Waals surface area contributed by atoms with Crippen molar-refractivity contribution in [2.24, 2.45) is 0 Å². The molecule has 3 N–H and O–H groups in total. The first-order chi connectivity index (χ1) is 20.7. The summed E-state index contributed by atoms with van der Waals surface area (Å²) >= 11 is 0. The molecule has 0 aliphatic carbocycles. The fourth-order valence-corrected chi connectivity index (χ4v) is 4.35. The summed E-state index contributed by atoms with van der Waals surface area (Å²) in [5.74, 6) is 1.72. The molecule has 43 heavy (non-hydrogen) atoms. The van der Waals surface area contributed by atoms with Crippen molar-refractivity contribution < 1.29 is 43.5 Å². The number of hydrogen-bond donors (Lipinski definition) is 3. The average Bonchev–Trinajstić information content (AvgIpc) is 3.01. The largest absolute Gasteiger partial charge is 0.508 e. The van der Waals surface area contributed by atoms with E-state index in [4.69, 9.17) is 23.4 Å². The van der Waals surface area contributed by atoms with Crippen molar-refractivity contribution in [1.29, 1.82) is 0 Å². The van der Waals surface area contributed by atoms with Gasteiger partial charge < -0.3 is 38.7 Å². The van der Waals surface area contributed by atoms with Gasteiger partial charge in [0.2, 0.25) is 0 Å². The molecule has 0 bridgehead atoms. The first-order valence-corrected chi connectivity index (χ1v) is 12.9. The lowest BCUT2D eigenvalue weighted by molar-refractivity contribution is 0.0990. The third-order valence-electron chi connectivity index (χ3n) is 6.55. The van der Waals surface area contributed by atoms with Crippen molar-refractivity contribution in [3.8, 4) is 51.4 Å². The zero-order valence-electron chi connectivity index (χ0n) is 23.9. The van der Waals surface area contributed by atoms with Crippen LogP contribution in [0.15, 0.2) is 88.3 Å². The van der Waals surface area contributed by atoms with Crippen LogP contribution in [0.4, 0.5) is 0 Å². The number of hydrogen-bond acceptors (Lipinski definition) is 10. The number of Topliss-reactive ketones (excluding diaryl/α,β-unsaturated/α-hetero) is 1. The third-order valence-corrected chi connectivity index (χ3v) is 6.55. The van der Waals surface area contributed by atoms with Gasteiger partial charge in [0.1, 0.15) is 29.1 Å². The lowest BCUT2D eigenvalue weighted by atomic mass is 10.0. The van der Waals surface area contributed by atoms with Crippen molar-refractivity contribution in [3.63, 3.8) is 0 Å².